The van der Waals surface area contributed by atoms with Crippen molar-refractivity contribution < 1.29 is 9.47 Å². The lowest BCUT2D eigenvalue weighted by Crippen LogP contribution is -2.14. The van der Waals surface area contributed by atoms with Crippen LogP contribution >= 0.6 is 0 Å². The molecule has 0 aliphatic heterocycles. The van der Waals surface area contributed by atoms with Gasteiger partial charge in [-0.05, 0) is 110 Å². The van der Waals surface area contributed by atoms with Gasteiger partial charge in [0.2, 0.25) is 0 Å². The summed E-state index contributed by atoms with van der Waals surface area (Å²) in [6.07, 6.45) is 6.92. The van der Waals surface area contributed by atoms with Gasteiger partial charge in [-0.2, -0.15) is 0 Å². The molecule has 210 valence electrons. The van der Waals surface area contributed by atoms with E-state index in [-0.39, 0.29) is 6.10 Å². The summed E-state index contributed by atoms with van der Waals surface area (Å²) in [5.74, 6) is 1.82. The second kappa shape index (κ2) is 14.4. The Kier molecular flexibility index (Phi) is 9.94. The van der Waals surface area contributed by atoms with Crippen LogP contribution in [0, 0.1) is 6.92 Å². The number of aryl methyl sites for hydroxylation is 2. The second-order valence-electron chi connectivity index (χ2n) is 10.8. The van der Waals surface area contributed by atoms with Crippen LogP contribution in [0.4, 0.5) is 0 Å². The van der Waals surface area contributed by atoms with E-state index in [9.17, 15) is 0 Å². The molecule has 0 unspecified atom stereocenters. The van der Waals surface area contributed by atoms with Gasteiger partial charge in [-0.1, -0.05) is 73.5 Å². The van der Waals surface area contributed by atoms with E-state index in [0.717, 1.165) is 54.3 Å². The lowest BCUT2D eigenvalue weighted by molar-refractivity contribution is 0.222. The summed E-state index contributed by atoms with van der Waals surface area (Å²) in [6, 6.07) is 42.5. The molecule has 1 aromatic heterocycles. The summed E-state index contributed by atoms with van der Waals surface area (Å²) in [4.78, 5) is 0. The van der Waals surface area contributed by atoms with E-state index >= 15 is 0 Å². The quantitative estimate of drug-likeness (QED) is 0.130. The van der Waals surface area contributed by atoms with E-state index in [1.165, 1.54) is 36.1 Å². The third-order valence-corrected chi connectivity index (χ3v) is 7.50. The number of unbranched alkanes of at least 4 members (excludes halogenated alkanes) is 3. The fourth-order valence-electron chi connectivity index (χ4n) is 5.34. The number of aromatic nitrogens is 1. The normalized spacial score (nSPS) is 11.8. The Morgan fingerprint density at radius 3 is 1.95 bits per heavy atom. The van der Waals surface area contributed by atoms with Gasteiger partial charge in [0.25, 0.3) is 0 Å². The Labute approximate surface area is 245 Å². The molecule has 4 aromatic carbocycles. The molecule has 0 fully saturated rings. The fraction of sp³-hybridized carbons (Fsp3) is 0.263. The van der Waals surface area contributed by atoms with Crippen molar-refractivity contribution in [3.05, 3.63) is 138 Å². The monoisotopic (exact) mass is 543 g/mol. The predicted octanol–water partition coefficient (Wildman–Crippen LogP) is 9.64. The molecular weight excluding hydrogens is 502 g/mol. The third-order valence-electron chi connectivity index (χ3n) is 7.50. The molecule has 41 heavy (non-hydrogen) atoms. The molecule has 0 spiro atoms. The largest absolute Gasteiger partial charge is 0.494 e. The molecule has 0 bridgehead atoms. The first-order valence-electron chi connectivity index (χ1n) is 14.9. The van der Waals surface area contributed by atoms with Gasteiger partial charge in [-0.15, -0.1) is 0 Å². The Balaban J connectivity index is 1.12. The summed E-state index contributed by atoms with van der Waals surface area (Å²) < 4.78 is 14.5. The van der Waals surface area contributed by atoms with Gasteiger partial charge < -0.3 is 14.0 Å². The van der Waals surface area contributed by atoms with Crippen LogP contribution in [0.2, 0.25) is 0 Å². The summed E-state index contributed by atoms with van der Waals surface area (Å²) in [7, 11) is 0. The maximum absolute atomic E-state index is 6.20. The number of ether oxygens (including phenoxy) is 2. The minimum absolute atomic E-state index is 0.106. The minimum atomic E-state index is 0.106. The van der Waals surface area contributed by atoms with Crippen molar-refractivity contribution in [2.75, 3.05) is 6.61 Å². The average molecular weight is 544 g/mol. The minimum Gasteiger partial charge on any atom is -0.494 e. The van der Waals surface area contributed by atoms with Crippen LogP contribution < -0.4 is 9.47 Å². The van der Waals surface area contributed by atoms with E-state index in [1.807, 2.05) is 6.07 Å². The first-order chi connectivity index (χ1) is 20.2. The molecule has 0 saturated carbocycles. The molecule has 5 rings (SSSR count). The van der Waals surface area contributed by atoms with Gasteiger partial charge >= 0.3 is 0 Å². The van der Waals surface area contributed by atoms with Crippen LogP contribution in [-0.2, 0) is 12.8 Å². The second-order valence-corrected chi connectivity index (χ2v) is 10.8. The summed E-state index contributed by atoms with van der Waals surface area (Å²) >= 11 is 0. The van der Waals surface area contributed by atoms with Gasteiger partial charge in [0.1, 0.15) is 11.5 Å². The maximum Gasteiger partial charge on any atom is 0.119 e. The number of hydrogen-bond donors (Lipinski definition) is 0. The van der Waals surface area contributed by atoms with E-state index in [4.69, 9.17) is 9.47 Å². The fourth-order valence-corrected chi connectivity index (χ4v) is 5.34. The van der Waals surface area contributed by atoms with Crippen LogP contribution in [0.5, 0.6) is 11.5 Å². The molecule has 3 heteroatoms. The van der Waals surface area contributed by atoms with E-state index < -0.39 is 0 Å². The van der Waals surface area contributed by atoms with Crippen molar-refractivity contribution >= 4 is 0 Å². The zero-order valence-corrected chi connectivity index (χ0v) is 24.3. The van der Waals surface area contributed by atoms with Crippen molar-refractivity contribution in [1.82, 2.24) is 4.57 Å². The van der Waals surface area contributed by atoms with Gasteiger partial charge in [-0.3, -0.25) is 0 Å². The average Bonchev–Trinajstić information content (AvgIpc) is 3.39. The Morgan fingerprint density at radius 1 is 0.610 bits per heavy atom. The highest BCUT2D eigenvalue weighted by Crippen LogP contribution is 2.29. The maximum atomic E-state index is 6.20. The topological polar surface area (TPSA) is 23.4 Å². The van der Waals surface area contributed by atoms with Gasteiger partial charge in [0, 0.05) is 17.8 Å². The highest BCUT2D eigenvalue weighted by Gasteiger charge is 2.11. The van der Waals surface area contributed by atoms with Crippen molar-refractivity contribution in [2.45, 2.75) is 58.5 Å². The molecule has 5 aromatic rings. The lowest BCUT2D eigenvalue weighted by atomic mass is 10.1. The van der Waals surface area contributed by atoms with Crippen molar-refractivity contribution in [2.24, 2.45) is 0 Å². The predicted molar refractivity (Wildman–Crippen MR) is 170 cm³/mol. The van der Waals surface area contributed by atoms with Gasteiger partial charge in [0.15, 0.2) is 0 Å². The molecule has 0 amide bonds. The zero-order chi connectivity index (χ0) is 28.3. The lowest BCUT2D eigenvalue weighted by Gasteiger charge is -2.16. The van der Waals surface area contributed by atoms with Crippen LogP contribution in [0.25, 0.3) is 16.9 Å². The Morgan fingerprint density at radius 2 is 1.24 bits per heavy atom. The van der Waals surface area contributed by atoms with Gasteiger partial charge in [-0.25, -0.2) is 0 Å². The van der Waals surface area contributed by atoms with Crippen LogP contribution in [-0.4, -0.2) is 17.3 Å². The highest BCUT2D eigenvalue weighted by atomic mass is 16.5. The van der Waals surface area contributed by atoms with Crippen molar-refractivity contribution in [3.63, 3.8) is 0 Å². The molecule has 1 heterocycles. The summed E-state index contributed by atoms with van der Waals surface area (Å²) in [6.45, 7) is 5.03. The number of benzene rings is 4. The summed E-state index contributed by atoms with van der Waals surface area (Å²) in [5, 5.41) is 0. The molecule has 0 radical (unpaired) electrons. The highest BCUT2D eigenvalue weighted by molar-refractivity contribution is 5.65. The molecular formula is C38H41NO2. The number of hydrogen-bond acceptors (Lipinski definition) is 2. The van der Waals surface area contributed by atoms with Gasteiger partial charge in [0.05, 0.1) is 18.4 Å². The van der Waals surface area contributed by atoms with Crippen molar-refractivity contribution in [1.29, 1.82) is 0 Å². The smallest absolute Gasteiger partial charge is 0.119 e. The molecule has 0 aliphatic carbocycles. The molecule has 0 aliphatic rings. The van der Waals surface area contributed by atoms with Crippen molar-refractivity contribution in [3.8, 4) is 28.4 Å². The third kappa shape index (κ3) is 8.14. The first-order valence-corrected chi connectivity index (χ1v) is 14.9. The molecule has 3 nitrogen and oxygen atoms in total. The number of rotatable bonds is 14. The van der Waals surface area contributed by atoms with Crippen LogP contribution in [0.15, 0.2) is 121 Å². The van der Waals surface area contributed by atoms with E-state index in [1.54, 1.807) is 0 Å². The van der Waals surface area contributed by atoms with E-state index in [2.05, 4.69) is 134 Å². The van der Waals surface area contributed by atoms with E-state index in [0.29, 0.717) is 0 Å². The first kappa shape index (κ1) is 28.3. The summed E-state index contributed by atoms with van der Waals surface area (Å²) in [5.41, 5.74) is 7.37. The SMILES string of the molecule is Cc1ccc(-c2ccc(O[C@H](C)Cc3ccccc3)cc2)n1-c1ccc(OCCCCCCc2ccccc2)cc1. The van der Waals surface area contributed by atoms with Crippen LogP contribution in [0.1, 0.15) is 49.4 Å². The molecule has 0 N–H and O–H groups in total. The number of nitrogens with zero attached hydrogens (tertiary/aromatic N) is 1. The standard InChI is InChI=1S/C38H41NO2/c1-30-18-27-38(34-19-23-37(24-20-34)41-31(2)29-33-16-10-6-11-17-33)39(30)35-21-25-36(26-22-35)40-28-12-4-3-7-13-32-14-8-5-9-15-32/h5-6,8-11,14-27,31H,3-4,7,12-13,28-29H2,1-2H3/t31-/m1/s1. The Hall–Kier alpha value is -4.24. The molecule has 0 saturated heterocycles. The van der Waals surface area contributed by atoms with Crippen LogP contribution in [0.3, 0.4) is 0 Å². The zero-order valence-electron chi connectivity index (χ0n) is 24.3. The molecule has 1 atom stereocenters. The Bertz CT molecular complexity index is 1460.